The van der Waals surface area contributed by atoms with E-state index < -0.39 is 47.5 Å². The highest BCUT2D eigenvalue weighted by Gasteiger charge is 2.26. The standard InChI is InChI=1S/C25H18F4N8O2/c26-14-5-6-17(29)13(7-14)11-36(25(38)39)21-22(30)33-24(34-23(21)31)37-19-9-15(27)10-32-20(19)18(35-37)8-12-3-1-2-4-16(12)28/h1-7,9-10H,8,11H2,(H,38,39)(H4,30,31,33,34). The third-order valence-corrected chi connectivity index (χ3v) is 5.82. The molecule has 0 aliphatic heterocycles. The van der Waals surface area contributed by atoms with Gasteiger partial charge in [-0.25, -0.2) is 27.3 Å². The third-order valence-electron chi connectivity index (χ3n) is 5.82. The number of anilines is 3. The summed E-state index contributed by atoms with van der Waals surface area (Å²) >= 11 is 0. The summed E-state index contributed by atoms with van der Waals surface area (Å²) in [6, 6.07) is 9.72. The number of pyridine rings is 1. The van der Waals surface area contributed by atoms with E-state index >= 15 is 0 Å². The second kappa shape index (κ2) is 9.89. The van der Waals surface area contributed by atoms with Crippen molar-refractivity contribution in [3.63, 3.8) is 0 Å². The summed E-state index contributed by atoms with van der Waals surface area (Å²) < 4.78 is 57.4. The van der Waals surface area contributed by atoms with Crippen LogP contribution in [0.15, 0.2) is 54.7 Å². The summed E-state index contributed by atoms with van der Waals surface area (Å²) in [5.74, 6) is -3.92. The van der Waals surface area contributed by atoms with Crippen molar-refractivity contribution in [1.29, 1.82) is 0 Å². The van der Waals surface area contributed by atoms with E-state index in [1.807, 2.05) is 0 Å². The number of hydrogen-bond donors (Lipinski definition) is 3. The number of hydrogen-bond acceptors (Lipinski definition) is 7. The summed E-state index contributed by atoms with van der Waals surface area (Å²) in [5.41, 5.74) is 12.4. The zero-order valence-electron chi connectivity index (χ0n) is 19.8. The number of nitrogens with zero attached hydrogens (tertiary/aromatic N) is 6. The minimum Gasteiger partial charge on any atom is -0.465 e. The van der Waals surface area contributed by atoms with Gasteiger partial charge in [0, 0.05) is 18.1 Å². The monoisotopic (exact) mass is 538 g/mol. The Morgan fingerprint density at radius 3 is 2.31 bits per heavy atom. The largest absolute Gasteiger partial charge is 0.465 e. The van der Waals surface area contributed by atoms with Gasteiger partial charge in [-0.3, -0.25) is 4.90 Å². The van der Waals surface area contributed by atoms with Gasteiger partial charge in [-0.05, 0) is 29.8 Å². The SMILES string of the molecule is Nc1nc(-n2nc(Cc3ccccc3F)c3ncc(F)cc32)nc(N)c1N(Cc1cc(F)ccc1F)C(=O)O. The van der Waals surface area contributed by atoms with E-state index in [0.717, 1.165) is 35.1 Å². The highest BCUT2D eigenvalue weighted by atomic mass is 19.1. The topological polar surface area (TPSA) is 149 Å². The summed E-state index contributed by atoms with van der Waals surface area (Å²) in [4.78, 5) is 24.9. The molecule has 10 nitrogen and oxygen atoms in total. The Balaban J connectivity index is 1.59. The van der Waals surface area contributed by atoms with Crippen LogP contribution in [0.3, 0.4) is 0 Å². The molecule has 0 radical (unpaired) electrons. The maximum atomic E-state index is 14.3. The fourth-order valence-corrected chi connectivity index (χ4v) is 4.05. The van der Waals surface area contributed by atoms with E-state index in [2.05, 4.69) is 20.1 Å². The summed E-state index contributed by atoms with van der Waals surface area (Å²) in [6.07, 6.45) is -0.608. The first-order chi connectivity index (χ1) is 18.6. The van der Waals surface area contributed by atoms with Crippen LogP contribution in [0, 0.1) is 23.3 Å². The first kappa shape index (κ1) is 25.4. The van der Waals surface area contributed by atoms with Gasteiger partial charge in [0.1, 0.15) is 34.5 Å². The second-order valence-corrected chi connectivity index (χ2v) is 8.40. The number of halogens is 4. The number of aromatic nitrogens is 5. The molecule has 3 heterocycles. The zero-order valence-corrected chi connectivity index (χ0v) is 19.8. The van der Waals surface area contributed by atoms with Crippen molar-refractivity contribution in [1.82, 2.24) is 24.7 Å². The molecule has 198 valence electrons. The summed E-state index contributed by atoms with van der Waals surface area (Å²) in [7, 11) is 0. The van der Waals surface area contributed by atoms with Gasteiger partial charge >= 0.3 is 6.09 Å². The van der Waals surface area contributed by atoms with Crippen LogP contribution in [0.4, 0.5) is 39.7 Å². The molecule has 0 aliphatic carbocycles. The normalized spacial score (nSPS) is 11.2. The Morgan fingerprint density at radius 1 is 0.923 bits per heavy atom. The Labute approximate surface area is 217 Å². The summed E-state index contributed by atoms with van der Waals surface area (Å²) in [5, 5.41) is 14.1. The summed E-state index contributed by atoms with van der Waals surface area (Å²) in [6.45, 7) is -0.650. The first-order valence-electron chi connectivity index (χ1n) is 11.3. The Hall–Kier alpha value is -5.27. The van der Waals surface area contributed by atoms with E-state index in [0.29, 0.717) is 10.5 Å². The predicted octanol–water partition coefficient (Wildman–Crippen LogP) is 4.21. The molecule has 0 unspecified atom stereocenters. The maximum Gasteiger partial charge on any atom is 0.412 e. The molecule has 1 amide bonds. The van der Waals surface area contributed by atoms with Crippen molar-refractivity contribution >= 4 is 34.4 Å². The van der Waals surface area contributed by atoms with Gasteiger partial charge in [0.25, 0.3) is 5.95 Å². The molecule has 0 saturated carbocycles. The molecule has 3 aromatic heterocycles. The average Bonchev–Trinajstić information content (AvgIpc) is 3.23. The van der Waals surface area contributed by atoms with Crippen LogP contribution in [0.25, 0.3) is 17.0 Å². The number of carboxylic acid groups (broad SMARTS) is 1. The van der Waals surface area contributed by atoms with E-state index in [4.69, 9.17) is 11.5 Å². The van der Waals surface area contributed by atoms with Crippen LogP contribution >= 0.6 is 0 Å². The lowest BCUT2D eigenvalue weighted by atomic mass is 10.1. The molecule has 0 saturated heterocycles. The van der Waals surface area contributed by atoms with E-state index in [1.54, 1.807) is 12.1 Å². The Morgan fingerprint density at radius 2 is 1.62 bits per heavy atom. The molecule has 0 bridgehead atoms. The van der Waals surface area contributed by atoms with Gasteiger partial charge in [-0.1, -0.05) is 18.2 Å². The average molecular weight is 538 g/mol. The molecule has 0 spiro atoms. The third kappa shape index (κ3) is 4.86. The number of nitrogens with two attached hydrogens (primary N) is 2. The van der Waals surface area contributed by atoms with Crippen molar-refractivity contribution in [2.45, 2.75) is 13.0 Å². The highest BCUT2D eigenvalue weighted by Crippen LogP contribution is 2.32. The van der Waals surface area contributed by atoms with E-state index in [-0.39, 0.29) is 40.3 Å². The second-order valence-electron chi connectivity index (χ2n) is 8.40. The van der Waals surface area contributed by atoms with Gasteiger partial charge in [0.2, 0.25) is 0 Å². The molecule has 2 aromatic carbocycles. The quantitative estimate of drug-likeness (QED) is 0.272. The van der Waals surface area contributed by atoms with Crippen molar-refractivity contribution in [3.05, 3.63) is 94.8 Å². The fraction of sp³-hybridized carbons (Fsp3) is 0.0800. The number of benzene rings is 2. The van der Waals surface area contributed by atoms with Crippen molar-refractivity contribution in [3.8, 4) is 5.95 Å². The zero-order chi connectivity index (χ0) is 27.8. The lowest BCUT2D eigenvalue weighted by molar-refractivity contribution is 0.201. The van der Waals surface area contributed by atoms with Gasteiger partial charge in [-0.2, -0.15) is 19.7 Å². The van der Waals surface area contributed by atoms with Crippen LogP contribution in [-0.2, 0) is 13.0 Å². The molecule has 0 aliphatic rings. The minimum absolute atomic E-state index is 0.00381. The number of rotatable bonds is 6. The molecule has 0 fully saturated rings. The molecular weight excluding hydrogens is 520 g/mol. The number of carbonyl (C=O) groups is 1. The van der Waals surface area contributed by atoms with E-state index in [1.165, 1.54) is 12.1 Å². The van der Waals surface area contributed by atoms with Gasteiger partial charge in [0.15, 0.2) is 11.6 Å². The smallest absolute Gasteiger partial charge is 0.412 e. The molecule has 39 heavy (non-hydrogen) atoms. The predicted molar refractivity (Wildman–Crippen MR) is 133 cm³/mol. The fourth-order valence-electron chi connectivity index (χ4n) is 4.05. The van der Waals surface area contributed by atoms with Gasteiger partial charge < -0.3 is 16.6 Å². The lowest BCUT2D eigenvalue weighted by Crippen LogP contribution is -2.31. The first-order valence-corrected chi connectivity index (χ1v) is 11.3. The number of amides is 1. The molecule has 5 aromatic rings. The Bertz CT molecular complexity index is 1720. The van der Waals surface area contributed by atoms with Crippen molar-refractivity contribution < 1.29 is 27.5 Å². The molecular formula is C25H18F4N8O2. The maximum absolute atomic E-state index is 14.3. The lowest BCUT2D eigenvalue weighted by Gasteiger charge is -2.22. The van der Waals surface area contributed by atoms with Gasteiger partial charge in [-0.15, -0.1) is 0 Å². The van der Waals surface area contributed by atoms with Gasteiger partial charge in [0.05, 0.1) is 24.0 Å². The number of nitrogen functional groups attached to an aromatic ring is 2. The van der Waals surface area contributed by atoms with Crippen LogP contribution in [0.2, 0.25) is 0 Å². The molecule has 0 atom stereocenters. The Kier molecular flexibility index (Phi) is 6.44. The molecule has 5 N–H and O–H groups in total. The van der Waals surface area contributed by atoms with Crippen molar-refractivity contribution in [2.24, 2.45) is 0 Å². The van der Waals surface area contributed by atoms with Crippen LogP contribution in [-0.4, -0.2) is 35.9 Å². The molecule has 5 rings (SSSR count). The van der Waals surface area contributed by atoms with Crippen LogP contribution in [0.5, 0.6) is 0 Å². The highest BCUT2D eigenvalue weighted by molar-refractivity contribution is 5.94. The van der Waals surface area contributed by atoms with Crippen LogP contribution in [0.1, 0.15) is 16.8 Å². The van der Waals surface area contributed by atoms with E-state index in [9.17, 15) is 27.5 Å². The number of fused-ring (bicyclic) bond motifs is 1. The van der Waals surface area contributed by atoms with Crippen molar-refractivity contribution in [2.75, 3.05) is 16.4 Å². The minimum atomic E-state index is -1.59. The van der Waals surface area contributed by atoms with Crippen LogP contribution < -0.4 is 16.4 Å². The molecule has 14 heteroatoms.